The van der Waals surface area contributed by atoms with Crippen LogP contribution in [0, 0.1) is 0 Å². The van der Waals surface area contributed by atoms with Crippen LogP contribution in [-0.4, -0.2) is 16.5 Å². The minimum absolute atomic E-state index is 0.0989. The molecule has 1 aromatic carbocycles. The van der Waals surface area contributed by atoms with Gasteiger partial charge in [-0.05, 0) is 40.9 Å². The van der Waals surface area contributed by atoms with Crippen molar-refractivity contribution in [2.75, 3.05) is 11.9 Å². The largest absolute Gasteiger partial charge is 0.482 e. The lowest BCUT2D eigenvalue weighted by Crippen LogP contribution is -2.13. The normalized spacial score (nSPS) is 16.4. The van der Waals surface area contributed by atoms with Crippen molar-refractivity contribution in [3.63, 3.8) is 0 Å². The van der Waals surface area contributed by atoms with Gasteiger partial charge in [0.2, 0.25) is 0 Å². The first-order chi connectivity index (χ1) is 10.2. The second-order valence-corrected chi connectivity index (χ2v) is 5.79. The van der Waals surface area contributed by atoms with Crippen LogP contribution in [0.1, 0.15) is 37.0 Å². The molecule has 0 fully saturated rings. The van der Waals surface area contributed by atoms with Crippen molar-refractivity contribution >= 4 is 21.7 Å². The molecule has 5 heteroatoms. The summed E-state index contributed by atoms with van der Waals surface area (Å²) in [6.07, 6.45) is 1.58. The zero-order valence-corrected chi connectivity index (χ0v) is 13.8. The fraction of sp³-hybridized carbons (Fsp3) is 0.375. The fourth-order valence-electron chi connectivity index (χ4n) is 2.50. The molecule has 21 heavy (non-hydrogen) atoms. The summed E-state index contributed by atoms with van der Waals surface area (Å²) in [7, 11) is 0. The number of ether oxygens (including phenoxy) is 1. The fourth-order valence-corrected chi connectivity index (χ4v) is 3.10. The lowest BCUT2D eigenvalue weighted by molar-refractivity contribution is 0.227. The highest BCUT2D eigenvalue weighted by atomic mass is 79.9. The number of hydrogen-bond donors (Lipinski definition) is 1. The third-order valence-electron chi connectivity index (χ3n) is 3.55. The Bertz CT molecular complexity index is 635. The van der Waals surface area contributed by atoms with Gasteiger partial charge in [0.05, 0.1) is 10.2 Å². The zero-order chi connectivity index (χ0) is 14.8. The highest BCUT2D eigenvalue weighted by Crippen LogP contribution is 2.36. The van der Waals surface area contributed by atoms with Gasteiger partial charge in [0.15, 0.2) is 11.9 Å². The van der Waals surface area contributed by atoms with E-state index < -0.39 is 0 Å². The summed E-state index contributed by atoms with van der Waals surface area (Å²) in [4.78, 5) is 9.32. The molecule has 2 heterocycles. The minimum Gasteiger partial charge on any atom is -0.482 e. The molecule has 2 aromatic rings. The topological polar surface area (TPSA) is 47.0 Å². The Morgan fingerprint density at radius 3 is 2.81 bits per heavy atom. The van der Waals surface area contributed by atoms with E-state index in [1.165, 1.54) is 5.56 Å². The quantitative estimate of drug-likeness (QED) is 0.910. The summed E-state index contributed by atoms with van der Waals surface area (Å²) in [5.74, 6) is 2.54. The number of benzene rings is 1. The van der Waals surface area contributed by atoms with Gasteiger partial charge < -0.3 is 10.1 Å². The molecule has 1 aliphatic heterocycles. The maximum Gasteiger partial charge on any atom is 0.172 e. The van der Waals surface area contributed by atoms with E-state index in [1.54, 1.807) is 0 Å². The summed E-state index contributed by atoms with van der Waals surface area (Å²) in [5.41, 5.74) is 2.23. The lowest BCUT2D eigenvalue weighted by atomic mass is 10.1. The average molecular weight is 348 g/mol. The van der Waals surface area contributed by atoms with Crippen molar-refractivity contribution in [2.45, 2.75) is 32.8 Å². The Morgan fingerprint density at radius 1 is 1.29 bits per heavy atom. The van der Waals surface area contributed by atoms with Crippen LogP contribution in [0.2, 0.25) is 0 Å². The molecular formula is C16H18BrN3O. The van der Waals surface area contributed by atoms with E-state index in [4.69, 9.17) is 4.74 Å². The summed E-state index contributed by atoms with van der Waals surface area (Å²) in [5, 5.41) is 3.28. The summed E-state index contributed by atoms with van der Waals surface area (Å²) in [6, 6.07) is 8.12. The number of nitrogens with zero attached hydrogens (tertiary/aromatic N) is 2. The van der Waals surface area contributed by atoms with Gasteiger partial charge in [0, 0.05) is 13.0 Å². The third kappa shape index (κ3) is 2.75. The molecule has 1 aliphatic rings. The number of anilines is 1. The molecule has 1 N–H and O–H groups in total. The highest BCUT2D eigenvalue weighted by Gasteiger charge is 2.27. The van der Waals surface area contributed by atoms with Crippen LogP contribution in [0.3, 0.4) is 0 Å². The third-order valence-corrected chi connectivity index (χ3v) is 4.38. The van der Waals surface area contributed by atoms with Crippen molar-refractivity contribution in [3.8, 4) is 5.75 Å². The highest BCUT2D eigenvalue weighted by molar-refractivity contribution is 9.10. The number of hydrogen-bond acceptors (Lipinski definition) is 4. The van der Waals surface area contributed by atoms with Gasteiger partial charge in [0.1, 0.15) is 11.6 Å². The van der Waals surface area contributed by atoms with Gasteiger partial charge in [0.25, 0.3) is 0 Å². The Balaban J connectivity index is 1.95. The van der Waals surface area contributed by atoms with E-state index in [0.717, 1.165) is 46.9 Å². The molecule has 0 bridgehead atoms. The van der Waals surface area contributed by atoms with Crippen molar-refractivity contribution in [2.24, 2.45) is 0 Å². The number of para-hydroxylation sites is 1. The van der Waals surface area contributed by atoms with E-state index in [2.05, 4.69) is 51.1 Å². The Kier molecular flexibility index (Phi) is 4.10. The molecule has 4 nitrogen and oxygen atoms in total. The Labute approximate surface area is 133 Å². The first kappa shape index (κ1) is 14.3. The number of aryl methyl sites for hydroxylation is 1. The van der Waals surface area contributed by atoms with Crippen LogP contribution in [0.4, 0.5) is 5.82 Å². The smallest absolute Gasteiger partial charge is 0.172 e. The van der Waals surface area contributed by atoms with Crippen molar-refractivity contribution < 1.29 is 4.74 Å². The lowest BCUT2D eigenvalue weighted by Gasteiger charge is -2.15. The molecule has 3 rings (SSSR count). The van der Waals surface area contributed by atoms with Crippen molar-refractivity contribution in [1.29, 1.82) is 0 Å². The first-order valence-corrected chi connectivity index (χ1v) is 8.07. The molecule has 1 atom stereocenters. The molecule has 0 amide bonds. The molecule has 110 valence electrons. The van der Waals surface area contributed by atoms with Crippen LogP contribution in [0.15, 0.2) is 28.7 Å². The van der Waals surface area contributed by atoms with Gasteiger partial charge in [-0.3, -0.25) is 0 Å². The maximum atomic E-state index is 6.00. The monoisotopic (exact) mass is 347 g/mol. The SMILES string of the molecule is CCNc1nc(C2Cc3ccccc3O2)nc(CC)c1Br. The number of fused-ring (bicyclic) bond motifs is 1. The Morgan fingerprint density at radius 2 is 2.10 bits per heavy atom. The van der Waals surface area contributed by atoms with E-state index in [1.807, 2.05) is 18.2 Å². The van der Waals surface area contributed by atoms with E-state index in [9.17, 15) is 0 Å². The van der Waals surface area contributed by atoms with Crippen LogP contribution < -0.4 is 10.1 Å². The second-order valence-electron chi connectivity index (χ2n) is 4.99. The van der Waals surface area contributed by atoms with Crippen LogP contribution >= 0.6 is 15.9 Å². The molecule has 0 saturated heterocycles. The number of halogens is 1. The van der Waals surface area contributed by atoms with Gasteiger partial charge in [-0.15, -0.1) is 0 Å². The van der Waals surface area contributed by atoms with Crippen molar-refractivity contribution in [1.82, 2.24) is 9.97 Å². The zero-order valence-electron chi connectivity index (χ0n) is 12.2. The molecule has 0 spiro atoms. The summed E-state index contributed by atoms with van der Waals surface area (Å²) < 4.78 is 6.95. The van der Waals surface area contributed by atoms with Crippen LogP contribution in [0.5, 0.6) is 5.75 Å². The molecule has 0 saturated carbocycles. The number of nitrogens with one attached hydrogen (secondary N) is 1. The van der Waals surface area contributed by atoms with Crippen molar-refractivity contribution in [3.05, 3.63) is 45.8 Å². The first-order valence-electron chi connectivity index (χ1n) is 7.27. The number of aromatic nitrogens is 2. The average Bonchev–Trinajstić information content (AvgIpc) is 2.93. The molecule has 0 aliphatic carbocycles. The predicted molar refractivity (Wildman–Crippen MR) is 86.8 cm³/mol. The van der Waals surface area contributed by atoms with Gasteiger partial charge >= 0.3 is 0 Å². The number of rotatable bonds is 4. The summed E-state index contributed by atoms with van der Waals surface area (Å²) in [6.45, 7) is 4.97. The molecule has 1 aromatic heterocycles. The molecule has 0 radical (unpaired) electrons. The van der Waals surface area contributed by atoms with E-state index in [0.29, 0.717) is 0 Å². The summed E-state index contributed by atoms with van der Waals surface area (Å²) >= 11 is 3.59. The minimum atomic E-state index is -0.0989. The maximum absolute atomic E-state index is 6.00. The van der Waals surface area contributed by atoms with Crippen LogP contribution in [-0.2, 0) is 12.8 Å². The molecule has 1 unspecified atom stereocenters. The predicted octanol–water partition coefficient (Wildman–Crippen LogP) is 3.91. The van der Waals surface area contributed by atoms with Gasteiger partial charge in [-0.25, -0.2) is 9.97 Å². The molecular weight excluding hydrogens is 330 g/mol. The van der Waals surface area contributed by atoms with E-state index >= 15 is 0 Å². The van der Waals surface area contributed by atoms with Gasteiger partial charge in [-0.1, -0.05) is 25.1 Å². The van der Waals surface area contributed by atoms with Crippen LogP contribution in [0.25, 0.3) is 0 Å². The standard InChI is InChI=1S/C16H18BrN3O/c1-3-11-14(17)16(18-4-2)20-15(19-11)13-9-10-7-5-6-8-12(10)21-13/h5-8,13H,3-4,9H2,1-2H3,(H,18,19,20). The van der Waals surface area contributed by atoms with E-state index in [-0.39, 0.29) is 6.10 Å². The Hall–Kier alpha value is -1.62. The van der Waals surface area contributed by atoms with Gasteiger partial charge in [-0.2, -0.15) is 0 Å². The second kappa shape index (κ2) is 6.02.